The zero-order chi connectivity index (χ0) is 10.4. The fourth-order valence-electron chi connectivity index (χ4n) is 1.01. The Balaban J connectivity index is 2.46. The van der Waals surface area contributed by atoms with E-state index in [0.29, 0.717) is 24.5 Å². The predicted molar refractivity (Wildman–Crippen MR) is 56.4 cm³/mol. The number of rotatable bonds is 5. The quantitative estimate of drug-likeness (QED) is 0.718. The van der Waals surface area contributed by atoms with Gasteiger partial charge in [-0.25, -0.2) is 0 Å². The Kier molecular flexibility index (Phi) is 3.88. The lowest BCUT2D eigenvalue weighted by Gasteiger charge is -2.08. The standard InChI is InChI=1S/C11H14N2O/c1-9(14-10(2)7-12)6-11-4-3-5-13-8-11/h3-5,8H,1-2,6-7,12H2. The Morgan fingerprint density at radius 2 is 2.21 bits per heavy atom. The Morgan fingerprint density at radius 3 is 2.79 bits per heavy atom. The van der Waals surface area contributed by atoms with Crippen molar-refractivity contribution in [1.82, 2.24) is 4.98 Å². The summed E-state index contributed by atoms with van der Waals surface area (Å²) in [7, 11) is 0. The molecule has 0 fully saturated rings. The summed E-state index contributed by atoms with van der Waals surface area (Å²) < 4.78 is 5.26. The van der Waals surface area contributed by atoms with Gasteiger partial charge in [-0.3, -0.25) is 4.98 Å². The lowest BCUT2D eigenvalue weighted by molar-refractivity contribution is 0.296. The first-order valence-electron chi connectivity index (χ1n) is 4.34. The van der Waals surface area contributed by atoms with Gasteiger partial charge in [0.15, 0.2) is 0 Å². The molecule has 0 radical (unpaired) electrons. The van der Waals surface area contributed by atoms with E-state index in [1.165, 1.54) is 0 Å². The minimum atomic E-state index is 0.312. The second-order valence-corrected chi connectivity index (χ2v) is 2.92. The van der Waals surface area contributed by atoms with Gasteiger partial charge in [0.2, 0.25) is 0 Å². The normalized spacial score (nSPS) is 9.50. The van der Waals surface area contributed by atoms with Gasteiger partial charge >= 0.3 is 0 Å². The van der Waals surface area contributed by atoms with Gasteiger partial charge in [-0.15, -0.1) is 0 Å². The van der Waals surface area contributed by atoms with Crippen LogP contribution >= 0.6 is 0 Å². The first-order valence-corrected chi connectivity index (χ1v) is 4.34. The lowest BCUT2D eigenvalue weighted by atomic mass is 10.2. The summed E-state index contributed by atoms with van der Waals surface area (Å²) in [6, 6.07) is 3.84. The second-order valence-electron chi connectivity index (χ2n) is 2.92. The predicted octanol–water partition coefficient (Wildman–Crippen LogP) is 1.63. The molecule has 0 amide bonds. The summed E-state index contributed by atoms with van der Waals surface area (Å²) >= 11 is 0. The van der Waals surface area contributed by atoms with Crippen molar-refractivity contribution in [3.05, 3.63) is 54.8 Å². The lowest BCUT2D eigenvalue weighted by Crippen LogP contribution is -2.06. The van der Waals surface area contributed by atoms with E-state index < -0.39 is 0 Å². The zero-order valence-electron chi connectivity index (χ0n) is 8.07. The van der Waals surface area contributed by atoms with Crippen molar-refractivity contribution in [1.29, 1.82) is 0 Å². The third-order valence-corrected chi connectivity index (χ3v) is 1.64. The van der Waals surface area contributed by atoms with Crippen molar-refractivity contribution in [2.45, 2.75) is 6.42 Å². The number of nitrogens with two attached hydrogens (primary N) is 1. The maximum Gasteiger partial charge on any atom is 0.110 e. The fraction of sp³-hybridized carbons (Fsp3) is 0.182. The summed E-state index contributed by atoms with van der Waals surface area (Å²) in [6.07, 6.45) is 4.14. The number of hydrogen-bond acceptors (Lipinski definition) is 3. The molecule has 0 saturated carbocycles. The average molecular weight is 190 g/mol. The van der Waals surface area contributed by atoms with E-state index in [0.717, 1.165) is 5.56 Å². The van der Waals surface area contributed by atoms with Crippen molar-refractivity contribution in [3.8, 4) is 0 Å². The number of hydrogen-bond donors (Lipinski definition) is 1. The minimum absolute atomic E-state index is 0.312. The highest BCUT2D eigenvalue weighted by Gasteiger charge is 1.99. The van der Waals surface area contributed by atoms with Crippen LogP contribution in [0, 0.1) is 0 Å². The van der Waals surface area contributed by atoms with E-state index in [1.807, 2.05) is 12.1 Å². The molecule has 0 aliphatic heterocycles. The van der Waals surface area contributed by atoms with Gasteiger partial charge in [0, 0.05) is 18.8 Å². The van der Waals surface area contributed by atoms with Gasteiger partial charge in [-0.2, -0.15) is 0 Å². The smallest absolute Gasteiger partial charge is 0.110 e. The molecule has 0 bridgehead atoms. The molecule has 0 aromatic carbocycles. The SMILES string of the molecule is C=C(CN)OC(=C)Cc1cccnc1. The molecule has 0 spiro atoms. The first kappa shape index (κ1) is 10.5. The zero-order valence-corrected chi connectivity index (χ0v) is 8.07. The molecule has 0 saturated heterocycles. The van der Waals surface area contributed by atoms with Crippen molar-refractivity contribution >= 4 is 0 Å². The average Bonchev–Trinajstić information content (AvgIpc) is 2.19. The van der Waals surface area contributed by atoms with Crippen LogP contribution in [0.25, 0.3) is 0 Å². The molecule has 1 aromatic heterocycles. The van der Waals surface area contributed by atoms with Gasteiger partial charge in [0.25, 0.3) is 0 Å². The van der Waals surface area contributed by atoms with Gasteiger partial charge in [0.1, 0.15) is 11.5 Å². The topological polar surface area (TPSA) is 48.1 Å². The van der Waals surface area contributed by atoms with E-state index in [9.17, 15) is 0 Å². The molecule has 0 atom stereocenters. The maximum atomic E-state index is 5.34. The summed E-state index contributed by atoms with van der Waals surface area (Å²) in [4.78, 5) is 3.99. The van der Waals surface area contributed by atoms with Gasteiger partial charge < -0.3 is 10.5 Å². The number of pyridine rings is 1. The van der Waals surface area contributed by atoms with E-state index in [2.05, 4.69) is 18.1 Å². The number of nitrogens with zero attached hydrogens (tertiary/aromatic N) is 1. The van der Waals surface area contributed by atoms with E-state index in [-0.39, 0.29) is 0 Å². The molecule has 1 heterocycles. The molecular formula is C11H14N2O. The highest BCUT2D eigenvalue weighted by atomic mass is 16.5. The third kappa shape index (κ3) is 3.41. The van der Waals surface area contributed by atoms with Crippen LogP contribution in [0.2, 0.25) is 0 Å². The number of allylic oxidation sites excluding steroid dienone is 1. The van der Waals surface area contributed by atoms with Crippen LogP contribution in [-0.2, 0) is 11.2 Å². The van der Waals surface area contributed by atoms with Crippen LogP contribution in [0.1, 0.15) is 5.56 Å². The monoisotopic (exact) mass is 190 g/mol. The second kappa shape index (κ2) is 5.19. The highest BCUT2D eigenvalue weighted by molar-refractivity contribution is 5.14. The third-order valence-electron chi connectivity index (χ3n) is 1.64. The Bertz CT molecular complexity index is 319. The molecule has 14 heavy (non-hydrogen) atoms. The molecular weight excluding hydrogens is 176 g/mol. The summed E-state index contributed by atoms with van der Waals surface area (Å²) in [5.74, 6) is 1.16. The van der Waals surface area contributed by atoms with Crippen LogP contribution in [-0.4, -0.2) is 11.5 Å². The van der Waals surface area contributed by atoms with Crippen molar-refractivity contribution in [2.75, 3.05) is 6.54 Å². The molecule has 74 valence electrons. The van der Waals surface area contributed by atoms with Crippen LogP contribution in [0.3, 0.4) is 0 Å². The molecule has 0 aliphatic rings. The maximum absolute atomic E-state index is 5.34. The van der Waals surface area contributed by atoms with Crippen molar-refractivity contribution in [3.63, 3.8) is 0 Å². The molecule has 0 unspecified atom stereocenters. The van der Waals surface area contributed by atoms with E-state index in [1.54, 1.807) is 12.4 Å². The molecule has 1 rings (SSSR count). The van der Waals surface area contributed by atoms with Gasteiger partial charge in [0.05, 0.1) is 6.54 Å². The summed E-state index contributed by atoms with van der Waals surface area (Å²) in [5, 5.41) is 0. The molecule has 0 aliphatic carbocycles. The summed E-state index contributed by atoms with van der Waals surface area (Å²) in [5.41, 5.74) is 6.39. The molecule has 3 nitrogen and oxygen atoms in total. The van der Waals surface area contributed by atoms with Crippen LogP contribution in [0.15, 0.2) is 49.2 Å². The van der Waals surface area contributed by atoms with Crippen LogP contribution in [0.5, 0.6) is 0 Å². The van der Waals surface area contributed by atoms with Crippen LogP contribution in [0.4, 0.5) is 0 Å². The molecule has 3 heteroatoms. The Morgan fingerprint density at radius 1 is 1.43 bits per heavy atom. The Labute approximate surface area is 83.9 Å². The molecule has 2 N–H and O–H groups in total. The largest absolute Gasteiger partial charge is 0.466 e. The molecule has 1 aromatic rings. The first-order chi connectivity index (χ1) is 6.72. The fourth-order valence-corrected chi connectivity index (χ4v) is 1.01. The van der Waals surface area contributed by atoms with Crippen molar-refractivity contribution in [2.24, 2.45) is 5.73 Å². The van der Waals surface area contributed by atoms with Crippen LogP contribution < -0.4 is 5.73 Å². The van der Waals surface area contributed by atoms with E-state index >= 15 is 0 Å². The minimum Gasteiger partial charge on any atom is -0.466 e. The van der Waals surface area contributed by atoms with E-state index in [4.69, 9.17) is 10.5 Å². The number of aromatic nitrogens is 1. The van der Waals surface area contributed by atoms with Crippen molar-refractivity contribution < 1.29 is 4.74 Å². The van der Waals surface area contributed by atoms with Gasteiger partial charge in [-0.05, 0) is 11.6 Å². The summed E-state index contributed by atoms with van der Waals surface area (Å²) in [6.45, 7) is 7.71. The Hall–Kier alpha value is -1.61. The van der Waals surface area contributed by atoms with Gasteiger partial charge in [-0.1, -0.05) is 19.2 Å². The highest BCUT2D eigenvalue weighted by Crippen LogP contribution is 2.08. The number of ether oxygens (including phenoxy) is 1.